The van der Waals surface area contributed by atoms with Gasteiger partial charge in [-0.15, -0.1) is 0 Å². The van der Waals surface area contributed by atoms with E-state index in [1.165, 1.54) is 5.56 Å². The van der Waals surface area contributed by atoms with Crippen molar-refractivity contribution in [2.75, 3.05) is 33.4 Å². The number of carboxylic acids is 2. The summed E-state index contributed by atoms with van der Waals surface area (Å²) in [6.07, 6.45) is 1.13. The molecular formula is C17H27NO6. The van der Waals surface area contributed by atoms with Crippen LogP contribution in [0.15, 0.2) is 24.3 Å². The van der Waals surface area contributed by atoms with Crippen molar-refractivity contribution in [2.45, 2.75) is 26.2 Å². The van der Waals surface area contributed by atoms with E-state index < -0.39 is 11.9 Å². The number of ether oxygens (including phenoxy) is 2. The van der Waals surface area contributed by atoms with Gasteiger partial charge in [0.05, 0.1) is 6.61 Å². The predicted octanol–water partition coefficient (Wildman–Crippen LogP) is 1.97. The van der Waals surface area contributed by atoms with Gasteiger partial charge in [-0.1, -0.05) is 32.0 Å². The molecule has 0 bridgehead atoms. The van der Waals surface area contributed by atoms with Crippen molar-refractivity contribution in [3.63, 3.8) is 0 Å². The third-order valence-corrected chi connectivity index (χ3v) is 3.26. The van der Waals surface area contributed by atoms with E-state index in [2.05, 4.69) is 37.4 Å². The van der Waals surface area contributed by atoms with Crippen LogP contribution < -0.4 is 10.1 Å². The van der Waals surface area contributed by atoms with E-state index >= 15 is 0 Å². The Morgan fingerprint density at radius 2 is 1.71 bits per heavy atom. The van der Waals surface area contributed by atoms with Crippen molar-refractivity contribution in [3.8, 4) is 5.75 Å². The van der Waals surface area contributed by atoms with Crippen LogP contribution >= 0.6 is 0 Å². The second kappa shape index (κ2) is 13.3. The Hall–Kier alpha value is -2.12. The molecule has 3 N–H and O–H groups in total. The van der Waals surface area contributed by atoms with Crippen LogP contribution in [0.2, 0.25) is 0 Å². The van der Waals surface area contributed by atoms with Gasteiger partial charge in [-0.25, -0.2) is 9.59 Å². The number of carboxylic acid groups (broad SMARTS) is 2. The topological polar surface area (TPSA) is 105 Å². The first-order valence-electron chi connectivity index (χ1n) is 7.81. The Balaban J connectivity index is 0.000000754. The molecule has 1 aromatic rings. The van der Waals surface area contributed by atoms with Gasteiger partial charge < -0.3 is 25.0 Å². The number of nitrogens with one attached hydrogen (secondary N) is 1. The van der Waals surface area contributed by atoms with Crippen LogP contribution in [0.3, 0.4) is 0 Å². The zero-order valence-corrected chi connectivity index (χ0v) is 14.4. The zero-order chi connectivity index (χ0) is 18.4. The third-order valence-electron chi connectivity index (χ3n) is 3.26. The molecule has 0 saturated heterocycles. The van der Waals surface area contributed by atoms with Crippen LogP contribution in [-0.4, -0.2) is 55.6 Å². The maximum atomic E-state index is 9.10. The SMILES string of the molecule is CCC(C)c1ccccc1OCCNCCOC.O=C(O)C(=O)O. The summed E-state index contributed by atoms with van der Waals surface area (Å²) in [6, 6.07) is 8.31. The fourth-order valence-corrected chi connectivity index (χ4v) is 1.77. The largest absolute Gasteiger partial charge is 0.492 e. The molecule has 0 fully saturated rings. The summed E-state index contributed by atoms with van der Waals surface area (Å²) in [7, 11) is 1.71. The monoisotopic (exact) mass is 341 g/mol. The van der Waals surface area contributed by atoms with Crippen molar-refractivity contribution in [1.82, 2.24) is 5.32 Å². The first-order valence-corrected chi connectivity index (χ1v) is 7.81. The molecule has 1 aromatic carbocycles. The van der Waals surface area contributed by atoms with E-state index in [9.17, 15) is 0 Å². The Morgan fingerprint density at radius 1 is 1.12 bits per heavy atom. The summed E-state index contributed by atoms with van der Waals surface area (Å²) in [5.41, 5.74) is 1.30. The Kier molecular flexibility index (Phi) is 12.2. The van der Waals surface area contributed by atoms with E-state index in [0.717, 1.165) is 31.9 Å². The minimum Gasteiger partial charge on any atom is -0.492 e. The average Bonchev–Trinajstić information content (AvgIpc) is 2.58. The highest BCUT2D eigenvalue weighted by Gasteiger charge is 2.08. The lowest BCUT2D eigenvalue weighted by Crippen LogP contribution is -2.24. The molecule has 0 aliphatic carbocycles. The molecule has 0 radical (unpaired) electrons. The molecule has 0 aliphatic rings. The van der Waals surface area contributed by atoms with Crippen LogP contribution in [0, 0.1) is 0 Å². The number of rotatable bonds is 9. The van der Waals surface area contributed by atoms with E-state index in [1.54, 1.807) is 7.11 Å². The highest BCUT2D eigenvalue weighted by Crippen LogP contribution is 2.28. The van der Waals surface area contributed by atoms with Crippen LogP contribution in [0.4, 0.5) is 0 Å². The number of benzene rings is 1. The molecule has 0 heterocycles. The van der Waals surface area contributed by atoms with E-state index in [1.807, 2.05) is 6.07 Å². The minimum atomic E-state index is -1.82. The molecule has 1 atom stereocenters. The molecule has 0 amide bonds. The quantitative estimate of drug-likeness (QED) is 0.466. The lowest BCUT2D eigenvalue weighted by molar-refractivity contribution is -0.159. The van der Waals surface area contributed by atoms with E-state index in [-0.39, 0.29) is 0 Å². The van der Waals surface area contributed by atoms with Gasteiger partial charge in [-0.3, -0.25) is 0 Å². The lowest BCUT2D eigenvalue weighted by atomic mass is 9.98. The van der Waals surface area contributed by atoms with E-state index in [0.29, 0.717) is 12.5 Å². The van der Waals surface area contributed by atoms with Gasteiger partial charge in [0.25, 0.3) is 0 Å². The first kappa shape index (κ1) is 21.9. The predicted molar refractivity (Wildman–Crippen MR) is 90.7 cm³/mol. The smallest absolute Gasteiger partial charge is 0.414 e. The Labute approximate surface area is 142 Å². The molecule has 1 rings (SSSR count). The minimum absolute atomic E-state index is 0.544. The number of methoxy groups -OCH3 is 1. The number of carbonyl (C=O) groups is 2. The maximum Gasteiger partial charge on any atom is 0.414 e. The molecule has 0 aromatic heterocycles. The number of hydrogen-bond donors (Lipinski definition) is 3. The van der Waals surface area contributed by atoms with Gasteiger partial charge in [0.1, 0.15) is 12.4 Å². The number of hydrogen-bond acceptors (Lipinski definition) is 5. The average molecular weight is 341 g/mol. The highest BCUT2D eigenvalue weighted by atomic mass is 16.5. The standard InChI is InChI=1S/C15H25NO2.C2H2O4/c1-4-13(2)14-7-5-6-8-15(14)18-12-10-16-9-11-17-3;3-1(4)2(5)6/h5-8,13,16H,4,9-12H2,1-3H3;(H,3,4)(H,5,6). The van der Waals surface area contributed by atoms with Crippen molar-refractivity contribution < 1.29 is 29.3 Å². The van der Waals surface area contributed by atoms with Gasteiger partial charge >= 0.3 is 11.9 Å². The first-order chi connectivity index (χ1) is 11.4. The second-order valence-corrected chi connectivity index (χ2v) is 5.05. The molecule has 7 nitrogen and oxygen atoms in total. The van der Waals surface area contributed by atoms with Crippen molar-refractivity contribution in [3.05, 3.63) is 29.8 Å². The summed E-state index contributed by atoms with van der Waals surface area (Å²) >= 11 is 0. The summed E-state index contributed by atoms with van der Waals surface area (Å²) < 4.78 is 10.8. The van der Waals surface area contributed by atoms with E-state index in [4.69, 9.17) is 29.3 Å². The zero-order valence-electron chi connectivity index (χ0n) is 14.4. The summed E-state index contributed by atoms with van der Waals surface area (Å²) in [5.74, 6) is -2.09. The molecule has 7 heteroatoms. The fraction of sp³-hybridized carbons (Fsp3) is 0.529. The van der Waals surface area contributed by atoms with Gasteiger partial charge in [0.15, 0.2) is 0 Å². The van der Waals surface area contributed by atoms with Crippen molar-refractivity contribution >= 4 is 11.9 Å². The molecule has 136 valence electrons. The van der Waals surface area contributed by atoms with Crippen LogP contribution in [0.5, 0.6) is 5.75 Å². The Morgan fingerprint density at radius 3 is 2.25 bits per heavy atom. The summed E-state index contributed by atoms with van der Waals surface area (Å²) in [5, 5.41) is 18.1. The summed E-state index contributed by atoms with van der Waals surface area (Å²) in [6.45, 7) is 7.58. The van der Waals surface area contributed by atoms with Crippen molar-refractivity contribution in [2.24, 2.45) is 0 Å². The van der Waals surface area contributed by atoms with Gasteiger partial charge in [0.2, 0.25) is 0 Å². The molecule has 1 unspecified atom stereocenters. The number of para-hydroxylation sites is 1. The van der Waals surface area contributed by atoms with Crippen LogP contribution in [-0.2, 0) is 14.3 Å². The number of aliphatic carboxylic acids is 2. The molecule has 0 spiro atoms. The normalized spacial score (nSPS) is 11.1. The van der Waals surface area contributed by atoms with Crippen LogP contribution in [0.25, 0.3) is 0 Å². The molecular weight excluding hydrogens is 314 g/mol. The van der Waals surface area contributed by atoms with Gasteiger partial charge in [-0.05, 0) is 24.0 Å². The molecule has 0 aliphatic heterocycles. The van der Waals surface area contributed by atoms with Gasteiger partial charge in [0, 0.05) is 20.2 Å². The molecule has 0 saturated carbocycles. The lowest BCUT2D eigenvalue weighted by Gasteiger charge is -2.15. The Bertz CT molecular complexity index is 480. The fourth-order valence-electron chi connectivity index (χ4n) is 1.77. The van der Waals surface area contributed by atoms with Crippen molar-refractivity contribution in [1.29, 1.82) is 0 Å². The summed E-state index contributed by atoms with van der Waals surface area (Å²) in [4.78, 5) is 18.2. The third kappa shape index (κ3) is 9.81. The van der Waals surface area contributed by atoms with Crippen LogP contribution in [0.1, 0.15) is 31.7 Å². The second-order valence-electron chi connectivity index (χ2n) is 5.05. The molecule has 24 heavy (non-hydrogen) atoms. The van der Waals surface area contributed by atoms with Gasteiger partial charge in [-0.2, -0.15) is 0 Å². The highest BCUT2D eigenvalue weighted by molar-refractivity contribution is 6.27. The maximum absolute atomic E-state index is 9.10.